The van der Waals surface area contributed by atoms with Crippen molar-refractivity contribution in [1.29, 1.82) is 0 Å². The molecule has 0 radical (unpaired) electrons. The van der Waals surface area contributed by atoms with Gasteiger partial charge in [-0.25, -0.2) is 18.0 Å². The highest BCUT2D eigenvalue weighted by Gasteiger charge is 2.17. The Morgan fingerprint density at radius 1 is 1.07 bits per heavy atom. The number of nitrogens with zero attached hydrogens (tertiary/aromatic N) is 2. The number of hydrogen-bond acceptors (Lipinski definition) is 1. The predicted molar refractivity (Wildman–Crippen MR) is 106 cm³/mol. The van der Waals surface area contributed by atoms with Crippen LogP contribution in [0.1, 0.15) is 11.3 Å². The molecule has 2 aromatic carbocycles. The average Bonchev–Trinajstić information content (AvgIpc) is 3.10. The first-order valence-corrected chi connectivity index (χ1v) is 8.96. The van der Waals surface area contributed by atoms with Crippen LogP contribution in [-0.4, -0.2) is 22.0 Å². The van der Waals surface area contributed by atoms with Crippen LogP contribution in [0.15, 0.2) is 73.4 Å². The van der Waals surface area contributed by atoms with Crippen LogP contribution in [0.5, 0.6) is 0 Å². The summed E-state index contributed by atoms with van der Waals surface area (Å²) in [6, 6.07) is 12.4. The summed E-state index contributed by atoms with van der Waals surface area (Å²) in [6.07, 6.45) is 3.39. The molecule has 0 fully saturated rings. The minimum absolute atomic E-state index is 0.111. The molecule has 1 aromatic heterocycles. The molecule has 7 heteroatoms. The van der Waals surface area contributed by atoms with E-state index in [1.807, 2.05) is 29.0 Å². The summed E-state index contributed by atoms with van der Waals surface area (Å²) in [5.41, 5.74) is 1.49. The van der Waals surface area contributed by atoms with Crippen molar-refractivity contribution < 1.29 is 18.0 Å². The van der Waals surface area contributed by atoms with Crippen LogP contribution in [0.4, 0.5) is 23.7 Å². The van der Waals surface area contributed by atoms with Crippen LogP contribution >= 0.6 is 0 Å². The Hall–Kier alpha value is -3.48. The number of urea groups is 1. The first-order chi connectivity index (χ1) is 14.0. The van der Waals surface area contributed by atoms with Crippen molar-refractivity contribution in [3.8, 4) is 0 Å². The van der Waals surface area contributed by atoms with Crippen LogP contribution in [0, 0.1) is 17.5 Å². The van der Waals surface area contributed by atoms with Gasteiger partial charge in [-0.15, -0.1) is 6.58 Å². The van der Waals surface area contributed by atoms with Gasteiger partial charge >= 0.3 is 6.03 Å². The lowest BCUT2D eigenvalue weighted by Crippen LogP contribution is -2.35. The van der Waals surface area contributed by atoms with Crippen LogP contribution in [0.2, 0.25) is 0 Å². The summed E-state index contributed by atoms with van der Waals surface area (Å²) in [6.45, 7) is 4.54. The Morgan fingerprint density at radius 3 is 2.59 bits per heavy atom. The highest BCUT2D eigenvalue weighted by atomic mass is 19.1. The molecular weight excluding hydrogens is 379 g/mol. The van der Waals surface area contributed by atoms with Crippen LogP contribution in [-0.2, 0) is 13.1 Å². The fourth-order valence-electron chi connectivity index (χ4n) is 2.94. The minimum atomic E-state index is -0.855. The lowest BCUT2D eigenvalue weighted by Gasteiger charge is -2.23. The van der Waals surface area contributed by atoms with Crippen molar-refractivity contribution in [2.45, 2.75) is 13.1 Å². The van der Waals surface area contributed by atoms with E-state index < -0.39 is 17.7 Å². The van der Waals surface area contributed by atoms with Crippen molar-refractivity contribution in [1.82, 2.24) is 9.47 Å². The van der Waals surface area contributed by atoms with Gasteiger partial charge in [0.05, 0.1) is 12.2 Å². The second-order valence-electron chi connectivity index (χ2n) is 6.48. The Kier molecular flexibility index (Phi) is 6.39. The fourth-order valence-corrected chi connectivity index (χ4v) is 2.94. The maximum absolute atomic E-state index is 13.8. The molecule has 0 saturated carbocycles. The van der Waals surface area contributed by atoms with Gasteiger partial charge in [-0.2, -0.15) is 0 Å². The molecule has 0 unspecified atom stereocenters. The summed E-state index contributed by atoms with van der Waals surface area (Å²) >= 11 is 0. The van der Waals surface area contributed by atoms with E-state index in [1.54, 1.807) is 12.1 Å². The lowest BCUT2D eigenvalue weighted by atomic mass is 10.2. The zero-order valence-corrected chi connectivity index (χ0v) is 15.6. The molecule has 1 heterocycles. The highest BCUT2D eigenvalue weighted by Crippen LogP contribution is 2.17. The highest BCUT2D eigenvalue weighted by molar-refractivity contribution is 5.89. The first kappa shape index (κ1) is 20.3. The van der Waals surface area contributed by atoms with E-state index in [-0.39, 0.29) is 24.6 Å². The van der Waals surface area contributed by atoms with E-state index in [4.69, 9.17) is 0 Å². The topological polar surface area (TPSA) is 37.3 Å². The van der Waals surface area contributed by atoms with E-state index in [2.05, 4.69) is 11.9 Å². The largest absolute Gasteiger partial charge is 0.345 e. The van der Waals surface area contributed by atoms with Gasteiger partial charge in [0.1, 0.15) is 17.5 Å². The number of nitrogens with one attached hydrogen (secondary N) is 1. The molecule has 0 spiro atoms. The Bertz CT molecular complexity index is 1020. The monoisotopic (exact) mass is 399 g/mol. The summed E-state index contributed by atoms with van der Waals surface area (Å²) < 4.78 is 42.3. The van der Waals surface area contributed by atoms with Gasteiger partial charge in [0.2, 0.25) is 0 Å². The minimum Gasteiger partial charge on any atom is -0.345 e. The van der Waals surface area contributed by atoms with Crippen LogP contribution in [0.3, 0.4) is 0 Å². The molecule has 29 heavy (non-hydrogen) atoms. The number of benzene rings is 2. The Morgan fingerprint density at radius 2 is 1.86 bits per heavy atom. The van der Waals surface area contributed by atoms with Gasteiger partial charge in [-0.05, 0) is 42.0 Å². The Balaban J connectivity index is 1.74. The van der Waals surface area contributed by atoms with Gasteiger partial charge in [0.15, 0.2) is 0 Å². The van der Waals surface area contributed by atoms with Crippen molar-refractivity contribution in [2.24, 2.45) is 0 Å². The number of amides is 2. The van der Waals surface area contributed by atoms with Gasteiger partial charge < -0.3 is 14.8 Å². The molecule has 0 aliphatic rings. The second-order valence-corrected chi connectivity index (χ2v) is 6.48. The van der Waals surface area contributed by atoms with E-state index in [9.17, 15) is 18.0 Å². The van der Waals surface area contributed by atoms with E-state index >= 15 is 0 Å². The normalized spacial score (nSPS) is 10.6. The molecule has 3 rings (SSSR count). The zero-order valence-electron chi connectivity index (χ0n) is 15.6. The molecule has 0 aliphatic carbocycles. The number of hydrogen-bond donors (Lipinski definition) is 1. The molecule has 0 atom stereocenters. The third-order valence-corrected chi connectivity index (χ3v) is 4.33. The molecule has 0 aliphatic heterocycles. The van der Waals surface area contributed by atoms with Crippen molar-refractivity contribution >= 4 is 11.7 Å². The van der Waals surface area contributed by atoms with E-state index in [0.29, 0.717) is 12.6 Å². The number of carbonyl (C=O) groups is 1. The molecule has 150 valence electrons. The van der Waals surface area contributed by atoms with Gasteiger partial charge in [-0.3, -0.25) is 0 Å². The summed E-state index contributed by atoms with van der Waals surface area (Å²) in [5, 5.41) is 2.45. The average molecular weight is 399 g/mol. The molecule has 1 N–H and O–H groups in total. The van der Waals surface area contributed by atoms with Crippen LogP contribution < -0.4 is 5.32 Å². The number of rotatable bonds is 7. The third kappa shape index (κ3) is 5.28. The van der Waals surface area contributed by atoms with E-state index in [0.717, 1.165) is 17.3 Å². The molecule has 4 nitrogen and oxygen atoms in total. The van der Waals surface area contributed by atoms with Crippen molar-refractivity contribution in [3.05, 3.63) is 102 Å². The van der Waals surface area contributed by atoms with E-state index in [1.165, 1.54) is 23.1 Å². The van der Waals surface area contributed by atoms with Gasteiger partial charge in [-0.1, -0.05) is 18.2 Å². The molecule has 0 saturated heterocycles. The predicted octanol–water partition coefficient (Wildman–Crippen LogP) is 5.17. The quantitative estimate of drug-likeness (QED) is 0.547. The summed E-state index contributed by atoms with van der Waals surface area (Å²) in [4.78, 5) is 14.1. The molecule has 0 bridgehead atoms. The smallest absolute Gasteiger partial charge is 0.322 e. The molecule has 3 aromatic rings. The summed E-state index contributed by atoms with van der Waals surface area (Å²) in [5.74, 6) is -1.89. The zero-order chi connectivity index (χ0) is 20.8. The number of anilines is 1. The van der Waals surface area contributed by atoms with Crippen LogP contribution in [0.25, 0.3) is 0 Å². The number of aromatic nitrogens is 1. The number of carbonyl (C=O) groups excluding carboxylic acids is 1. The van der Waals surface area contributed by atoms with Gasteiger partial charge in [0, 0.05) is 31.0 Å². The van der Waals surface area contributed by atoms with Crippen molar-refractivity contribution in [2.75, 3.05) is 11.9 Å². The number of halogens is 3. The van der Waals surface area contributed by atoms with Gasteiger partial charge in [0.25, 0.3) is 0 Å². The standard InChI is InChI=1S/C22H20F3N3O/c1-2-10-28(22(29)26-21-9-8-18(24)13-20(21)25)15-19-7-4-11-27(19)14-16-5-3-6-17(23)12-16/h2-9,11-13H,1,10,14-15H2,(H,26,29). The second kappa shape index (κ2) is 9.14. The molecule has 2 amide bonds. The van der Waals surface area contributed by atoms with Crippen molar-refractivity contribution in [3.63, 3.8) is 0 Å². The molecular formula is C22H20F3N3O. The third-order valence-electron chi connectivity index (χ3n) is 4.33. The Labute approximate surface area is 166 Å². The maximum Gasteiger partial charge on any atom is 0.322 e. The first-order valence-electron chi connectivity index (χ1n) is 8.96. The fraction of sp³-hybridized carbons (Fsp3) is 0.136. The summed E-state index contributed by atoms with van der Waals surface area (Å²) in [7, 11) is 0. The lowest BCUT2D eigenvalue weighted by molar-refractivity contribution is 0.213. The SMILES string of the molecule is C=CCN(Cc1cccn1Cc1cccc(F)c1)C(=O)Nc1ccc(F)cc1F. The maximum atomic E-state index is 13.8.